The first-order valence-electron chi connectivity index (χ1n) is 16.8. The third-order valence-electron chi connectivity index (χ3n) is 10.8. The molecule has 0 aromatic heterocycles. The van der Waals surface area contributed by atoms with Crippen molar-refractivity contribution in [3.8, 4) is 22.3 Å². The van der Waals surface area contributed by atoms with Crippen LogP contribution >= 0.6 is 0 Å². The van der Waals surface area contributed by atoms with Crippen LogP contribution in [0, 0.1) is 5.92 Å². The highest BCUT2D eigenvalue weighted by molar-refractivity contribution is 6.01. The van der Waals surface area contributed by atoms with Crippen LogP contribution in [0.1, 0.15) is 35.6 Å². The monoisotopic (exact) mass is 599 g/mol. The Bertz CT molecular complexity index is 2490. The molecule has 0 fully saturated rings. The van der Waals surface area contributed by atoms with Gasteiger partial charge in [0.25, 0.3) is 0 Å². The van der Waals surface area contributed by atoms with E-state index >= 15 is 0 Å². The first-order valence-corrected chi connectivity index (χ1v) is 16.8. The zero-order valence-electron chi connectivity index (χ0n) is 26.3. The molecule has 1 heteroatoms. The van der Waals surface area contributed by atoms with E-state index in [2.05, 4.69) is 176 Å². The number of hydrogen-bond donors (Lipinski definition) is 0. The maximum atomic E-state index is 2.51. The predicted octanol–water partition coefficient (Wildman–Crippen LogP) is 10.3. The van der Waals surface area contributed by atoms with E-state index < -0.39 is 0 Å². The predicted molar refractivity (Wildman–Crippen MR) is 197 cm³/mol. The van der Waals surface area contributed by atoms with E-state index in [4.69, 9.17) is 0 Å². The second-order valence-electron chi connectivity index (χ2n) is 13.3. The number of hydrogen-bond acceptors (Lipinski definition) is 1. The van der Waals surface area contributed by atoms with Gasteiger partial charge in [0.05, 0.1) is 16.8 Å². The molecule has 47 heavy (non-hydrogen) atoms. The zero-order chi connectivity index (χ0) is 31.1. The Labute approximate surface area is 275 Å². The van der Waals surface area contributed by atoms with Crippen molar-refractivity contribution in [2.45, 2.75) is 18.8 Å². The van der Waals surface area contributed by atoms with Crippen molar-refractivity contribution in [2.75, 3.05) is 4.90 Å². The van der Waals surface area contributed by atoms with Crippen LogP contribution in [-0.2, 0) is 5.41 Å². The van der Waals surface area contributed by atoms with Crippen molar-refractivity contribution < 1.29 is 0 Å². The summed E-state index contributed by atoms with van der Waals surface area (Å²) in [6.07, 6.45) is 5.92. The van der Waals surface area contributed by atoms with Gasteiger partial charge in [0.2, 0.25) is 0 Å². The second-order valence-corrected chi connectivity index (χ2v) is 13.3. The summed E-state index contributed by atoms with van der Waals surface area (Å²) in [5.74, 6) is 0.536. The van der Waals surface area contributed by atoms with Crippen molar-refractivity contribution in [3.63, 3.8) is 0 Å². The van der Waals surface area contributed by atoms with Gasteiger partial charge in [-0.1, -0.05) is 146 Å². The van der Waals surface area contributed by atoms with E-state index in [-0.39, 0.29) is 5.41 Å². The fraction of sp³-hybridized carbons (Fsp3) is 0.0870. The second kappa shape index (κ2) is 9.92. The Kier molecular flexibility index (Phi) is 5.60. The van der Waals surface area contributed by atoms with Gasteiger partial charge in [-0.05, 0) is 91.7 Å². The summed E-state index contributed by atoms with van der Waals surface area (Å²) in [6, 6.07) is 56.7. The molecule has 1 unspecified atom stereocenters. The Morgan fingerprint density at radius 3 is 1.85 bits per heavy atom. The molecule has 1 atom stereocenters. The number of fused-ring (bicyclic) bond motifs is 12. The van der Waals surface area contributed by atoms with E-state index in [0.29, 0.717) is 5.92 Å². The number of anilines is 3. The minimum atomic E-state index is -0.341. The summed E-state index contributed by atoms with van der Waals surface area (Å²) in [5.41, 5.74) is 14.0. The topological polar surface area (TPSA) is 3.24 Å². The molecule has 3 aliphatic carbocycles. The lowest BCUT2D eigenvalue weighted by Gasteiger charge is -2.31. The molecule has 0 heterocycles. The van der Waals surface area contributed by atoms with Crippen molar-refractivity contribution in [2.24, 2.45) is 5.92 Å². The average molecular weight is 600 g/mol. The van der Waals surface area contributed by atoms with E-state index in [1.54, 1.807) is 0 Å². The van der Waals surface area contributed by atoms with Crippen LogP contribution in [0.2, 0.25) is 0 Å². The Hall–Kier alpha value is -5.66. The number of benzene rings is 7. The maximum Gasteiger partial charge on any atom is 0.0725 e. The van der Waals surface area contributed by atoms with Crippen LogP contribution in [-0.4, -0.2) is 0 Å². The lowest BCUT2D eigenvalue weighted by Crippen LogP contribution is -2.33. The van der Waals surface area contributed by atoms with Crippen molar-refractivity contribution in [3.05, 3.63) is 184 Å². The average Bonchev–Trinajstić information content (AvgIpc) is 3.59. The van der Waals surface area contributed by atoms with Crippen molar-refractivity contribution in [1.29, 1.82) is 0 Å². The van der Waals surface area contributed by atoms with Crippen molar-refractivity contribution >= 4 is 40.0 Å². The largest absolute Gasteiger partial charge is 0.309 e. The van der Waals surface area contributed by atoms with Gasteiger partial charge in [-0.15, -0.1) is 0 Å². The molecular formula is C46H33N. The van der Waals surface area contributed by atoms with Gasteiger partial charge in [0.1, 0.15) is 0 Å². The highest BCUT2D eigenvalue weighted by Crippen LogP contribution is 2.63. The summed E-state index contributed by atoms with van der Waals surface area (Å²) < 4.78 is 0. The number of nitrogens with zero attached hydrogens (tertiary/aromatic N) is 1. The standard InChI is InChI=1S/C46H33N/c1-30-24-26-35-32(28-30)14-11-23-45(35)47(44-22-10-13-31-12-2-3-15-34(31)44)33-25-27-43-39(29-33)38-18-6-9-21-42(38)46(43)40-19-7-4-16-36(40)37-17-5-8-20-41(37)46/h2-23,25-30H,24H2,1H3. The van der Waals surface area contributed by atoms with Crippen LogP contribution < -0.4 is 15.3 Å². The van der Waals surface area contributed by atoms with Gasteiger partial charge in [-0.25, -0.2) is 0 Å². The molecule has 1 nitrogen and oxygen atoms in total. The van der Waals surface area contributed by atoms with Gasteiger partial charge in [-0.3, -0.25) is 0 Å². The first-order chi connectivity index (χ1) is 23.2. The minimum Gasteiger partial charge on any atom is -0.309 e. The van der Waals surface area contributed by atoms with E-state index in [1.165, 1.54) is 82.8 Å². The van der Waals surface area contributed by atoms with Gasteiger partial charge >= 0.3 is 0 Å². The summed E-state index contributed by atoms with van der Waals surface area (Å²) in [4.78, 5) is 2.51. The molecule has 3 aliphatic rings. The molecule has 0 aliphatic heterocycles. The molecule has 0 saturated heterocycles. The number of rotatable bonds is 3. The molecule has 222 valence electrons. The zero-order valence-corrected chi connectivity index (χ0v) is 26.3. The fourth-order valence-electron chi connectivity index (χ4n) is 8.85. The minimum absolute atomic E-state index is 0.341. The lowest BCUT2D eigenvalue weighted by atomic mass is 9.70. The molecule has 0 saturated carbocycles. The van der Waals surface area contributed by atoms with Crippen LogP contribution in [0.5, 0.6) is 0 Å². The highest BCUT2D eigenvalue weighted by atomic mass is 15.1. The summed E-state index contributed by atoms with van der Waals surface area (Å²) in [7, 11) is 0. The van der Waals surface area contributed by atoms with Gasteiger partial charge in [0.15, 0.2) is 0 Å². The first kappa shape index (κ1) is 26.5. The Balaban J connectivity index is 1.28. The maximum absolute atomic E-state index is 2.51. The summed E-state index contributed by atoms with van der Waals surface area (Å²) >= 11 is 0. The normalized spacial score (nSPS) is 16.0. The molecule has 0 N–H and O–H groups in total. The van der Waals surface area contributed by atoms with Crippen LogP contribution in [0.4, 0.5) is 17.1 Å². The molecule has 0 amide bonds. The molecule has 10 rings (SSSR count). The third-order valence-corrected chi connectivity index (χ3v) is 10.8. The van der Waals surface area contributed by atoms with Crippen molar-refractivity contribution in [1.82, 2.24) is 0 Å². The molecule has 7 aromatic rings. The quantitative estimate of drug-likeness (QED) is 0.195. The van der Waals surface area contributed by atoms with Crippen LogP contribution in [0.3, 0.4) is 0 Å². The van der Waals surface area contributed by atoms with E-state index in [1.807, 2.05) is 0 Å². The highest BCUT2D eigenvalue weighted by Gasteiger charge is 2.51. The molecular weight excluding hydrogens is 567 g/mol. The summed E-state index contributed by atoms with van der Waals surface area (Å²) in [6.45, 7) is 2.31. The Morgan fingerprint density at radius 2 is 1.11 bits per heavy atom. The molecule has 7 aromatic carbocycles. The fourth-order valence-corrected chi connectivity index (χ4v) is 8.85. The van der Waals surface area contributed by atoms with Gasteiger partial charge in [-0.2, -0.15) is 0 Å². The molecule has 0 bridgehead atoms. The van der Waals surface area contributed by atoms with Crippen LogP contribution in [0.25, 0.3) is 45.2 Å². The Morgan fingerprint density at radius 1 is 0.532 bits per heavy atom. The van der Waals surface area contributed by atoms with Gasteiger partial charge < -0.3 is 4.90 Å². The van der Waals surface area contributed by atoms with E-state index in [9.17, 15) is 0 Å². The van der Waals surface area contributed by atoms with Crippen LogP contribution in [0.15, 0.2) is 152 Å². The SMILES string of the molecule is CC1C=c2cccc(N(c3ccc4c(c3)-c3ccccc3C43c4ccccc4-c4ccccc43)c3cccc4ccccc34)c2=CC1. The summed E-state index contributed by atoms with van der Waals surface area (Å²) in [5, 5.41) is 5.12. The smallest absolute Gasteiger partial charge is 0.0725 e. The third kappa shape index (κ3) is 3.60. The van der Waals surface area contributed by atoms with Gasteiger partial charge in [0, 0.05) is 16.3 Å². The molecule has 0 radical (unpaired) electrons. The molecule has 1 spiro atoms. The van der Waals surface area contributed by atoms with E-state index in [0.717, 1.165) is 6.42 Å². The lowest BCUT2D eigenvalue weighted by molar-refractivity contribution is 0.793.